The third-order valence-electron chi connectivity index (χ3n) is 3.78. The summed E-state index contributed by atoms with van der Waals surface area (Å²) in [6.45, 7) is 1.59. The molecule has 0 saturated carbocycles. The van der Waals surface area contributed by atoms with Crippen molar-refractivity contribution < 1.29 is 9.59 Å². The number of fused-ring (bicyclic) bond motifs is 1. The zero-order chi connectivity index (χ0) is 13.4. The van der Waals surface area contributed by atoms with Gasteiger partial charge in [-0.1, -0.05) is 0 Å². The van der Waals surface area contributed by atoms with Gasteiger partial charge in [-0.2, -0.15) is 0 Å². The number of nitrogens with two attached hydrogens (primary N) is 1. The van der Waals surface area contributed by atoms with Crippen molar-refractivity contribution >= 4 is 28.3 Å². The van der Waals surface area contributed by atoms with Gasteiger partial charge < -0.3 is 10.6 Å². The Bertz CT molecular complexity index is 532. The molecule has 3 amide bonds. The highest BCUT2D eigenvalue weighted by Crippen LogP contribution is 2.38. The van der Waals surface area contributed by atoms with Crippen LogP contribution in [-0.2, 0) is 12.8 Å². The molecule has 0 bridgehead atoms. The minimum absolute atomic E-state index is 0.111. The third-order valence-corrected chi connectivity index (χ3v) is 4.99. The topological polar surface area (TPSA) is 75.4 Å². The fourth-order valence-electron chi connectivity index (χ4n) is 2.85. The van der Waals surface area contributed by atoms with Gasteiger partial charge in [-0.05, 0) is 37.7 Å². The maximum atomic E-state index is 12.1. The van der Waals surface area contributed by atoms with E-state index in [1.54, 1.807) is 4.90 Å². The van der Waals surface area contributed by atoms with Crippen molar-refractivity contribution in [2.75, 3.05) is 18.4 Å². The van der Waals surface area contributed by atoms with E-state index in [0.717, 1.165) is 50.8 Å². The number of thiophene rings is 1. The summed E-state index contributed by atoms with van der Waals surface area (Å²) in [5.74, 6) is -0.434. The average molecular weight is 279 g/mol. The van der Waals surface area contributed by atoms with Crippen LogP contribution in [0.15, 0.2) is 0 Å². The standard InChI is InChI=1S/C13H17N3O2S/c14-11(17)10-8-4-3-5-9(8)19-12(10)15-13(18)16-6-1-2-7-16/h1-7H2,(H2,14,17)(H,15,18). The van der Waals surface area contributed by atoms with Crippen LogP contribution in [0.1, 0.15) is 40.1 Å². The lowest BCUT2D eigenvalue weighted by molar-refractivity contribution is 0.100. The molecule has 6 heteroatoms. The van der Waals surface area contributed by atoms with Crippen LogP contribution >= 0.6 is 11.3 Å². The average Bonchev–Trinajstić information content (AvgIpc) is 3.03. The second-order valence-corrected chi connectivity index (χ2v) is 6.16. The Morgan fingerprint density at radius 2 is 1.89 bits per heavy atom. The Morgan fingerprint density at radius 1 is 1.16 bits per heavy atom. The van der Waals surface area contributed by atoms with E-state index < -0.39 is 5.91 Å². The van der Waals surface area contributed by atoms with Crippen LogP contribution in [0.5, 0.6) is 0 Å². The highest BCUT2D eigenvalue weighted by atomic mass is 32.1. The summed E-state index contributed by atoms with van der Waals surface area (Å²) in [6, 6.07) is -0.111. The van der Waals surface area contributed by atoms with Crippen molar-refractivity contribution in [1.29, 1.82) is 0 Å². The molecular weight excluding hydrogens is 262 g/mol. The molecule has 5 nitrogen and oxygen atoms in total. The van der Waals surface area contributed by atoms with E-state index in [0.29, 0.717) is 10.6 Å². The molecule has 0 radical (unpaired) electrons. The van der Waals surface area contributed by atoms with Gasteiger partial charge in [0.05, 0.1) is 5.56 Å². The van der Waals surface area contributed by atoms with Crippen LogP contribution < -0.4 is 11.1 Å². The maximum absolute atomic E-state index is 12.1. The first kappa shape index (κ1) is 12.5. The number of nitrogens with zero attached hydrogens (tertiary/aromatic N) is 1. The summed E-state index contributed by atoms with van der Waals surface area (Å²) in [7, 11) is 0. The van der Waals surface area contributed by atoms with E-state index >= 15 is 0 Å². The zero-order valence-electron chi connectivity index (χ0n) is 10.7. The van der Waals surface area contributed by atoms with Crippen molar-refractivity contribution in [3.05, 3.63) is 16.0 Å². The van der Waals surface area contributed by atoms with Crippen LogP contribution in [0.2, 0.25) is 0 Å². The first-order valence-corrected chi connectivity index (χ1v) is 7.48. The first-order valence-electron chi connectivity index (χ1n) is 6.67. The van der Waals surface area contributed by atoms with Gasteiger partial charge in [0.15, 0.2) is 0 Å². The number of anilines is 1. The molecule has 3 N–H and O–H groups in total. The third kappa shape index (κ3) is 2.20. The predicted molar refractivity (Wildman–Crippen MR) is 74.7 cm³/mol. The normalized spacial score (nSPS) is 17.6. The summed E-state index contributed by atoms with van der Waals surface area (Å²) in [6.07, 6.45) is 5.05. The van der Waals surface area contributed by atoms with Crippen molar-refractivity contribution in [3.8, 4) is 0 Å². The Labute approximate surface area is 115 Å². The molecule has 2 aliphatic rings. The second-order valence-electron chi connectivity index (χ2n) is 5.05. The summed E-state index contributed by atoms with van der Waals surface area (Å²) in [5.41, 5.74) is 7.05. The number of nitrogens with one attached hydrogen (secondary N) is 1. The first-order chi connectivity index (χ1) is 9.16. The lowest BCUT2D eigenvalue weighted by atomic mass is 10.1. The number of hydrogen-bond acceptors (Lipinski definition) is 3. The molecule has 1 aromatic rings. The molecule has 1 aliphatic carbocycles. The zero-order valence-corrected chi connectivity index (χ0v) is 11.5. The molecule has 2 heterocycles. The van der Waals surface area contributed by atoms with Gasteiger partial charge >= 0.3 is 6.03 Å². The number of likely N-dealkylation sites (tertiary alicyclic amines) is 1. The highest BCUT2D eigenvalue weighted by Gasteiger charge is 2.27. The fourth-order valence-corrected chi connectivity index (χ4v) is 4.13. The van der Waals surface area contributed by atoms with Crippen molar-refractivity contribution in [3.63, 3.8) is 0 Å². The Balaban J connectivity index is 1.84. The summed E-state index contributed by atoms with van der Waals surface area (Å²) in [5, 5.41) is 3.50. The van der Waals surface area contributed by atoms with Crippen molar-refractivity contribution in [2.45, 2.75) is 32.1 Å². The van der Waals surface area contributed by atoms with E-state index in [2.05, 4.69) is 5.32 Å². The van der Waals surface area contributed by atoms with Crippen LogP contribution in [0, 0.1) is 0 Å². The van der Waals surface area contributed by atoms with Gasteiger partial charge in [0.25, 0.3) is 5.91 Å². The van der Waals surface area contributed by atoms with Gasteiger partial charge in [0, 0.05) is 18.0 Å². The number of amides is 3. The molecule has 3 rings (SSSR count). The molecule has 1 saturated heterocycles. The molecule has 1 aliphatic heterocycles. The number of carbonyl (C=O) groups excluding carboxylic acids is 2. The van der Waals surface area contributed by atoms with E-state index in [1.807, 2.05) is 0 Å². The molecule has 1 aromatic heterocycles. The molecule has 0 spiro atoms. The van der Waals surface area contributed by atoms with Gasteiger partial charge in [0.2, 0.25) is 0 Å². The van der Waals surface area contributed by atoms with E-state index in [9.17, 15) is 9.59 Å². The molecule has 0 atom stereocenters. The molecule has 0 unspecified atom stereocenters. The molecule has 19 heavy (non-hydrogen) atoms. The highest BCUT2D eigenvalue weighted by molar-refractivity contribution is 7.17. The van der Waals surface area contributed by atoms with E-state index in [1.165, 1.54) is 16.2 Å². The predicted octanol–water partition coefficient (Wildman–Crippen LogP) is 1.96. The number of carbonyl (C=O) groups is 2. The summed E-state index contributed by atoms with van der Waals surface area (Å²) < 4.78 is 0. The number of aryl methyl sites for hydroxylation is 1. The monoisotopic (exact) mass is 279 g/mol. The quantitative estimate of drug-likeness (QED) is 0.868. The molecule has 1 fully saturated rings. The lowest BCUT2D eigenvalue weighted by Crippen LogP contribution is -2.32. The number of hydrogen-bond donors (Lipinski definition) is 2. The second kappa shape index (κ2) is 4.85. The largest absolute Gasteiger partial charge is 0.365 e. The van der Waals surface area contributed by atoms with Gasteiger partial charge in [-0.25, -0.2) is 4.79 Å². The summed E-state index contributed by atoms with van der Waals surface area (Å²) >= 11 is 1.50. The van der Waals surface area contributed by atoms with Crippen LogP contribution in [0.3, 0.4) is 0 Å². The molecule has 0 aromatic carbocycles. The summed E-state index contributed by atoms with van der Waals surface area (Å²) in [4.78, 5) is 26.7. The number of primary amides is 1. The van der Waals surface area contributed by atoms with Crippen molar-refractivity contribution in [2.24, 2.45) is 5.73 Å². The Kier molecular flexibility index (Phi) is 3.18. The van der Waals surface area contributed by atoms with Gasteiger partial charge in [-0.15, -0.1) is 11.3 Å². The smallest absolute Gasteiger partial charge is 0.322 e. The van der Waals surface area contributed by atoms with Crippen LogP contribution in [0.25, 0.3) is 0 Å². The van der Waals surface area contributed by atoms with Crippen LogP contribution in [-0.4, -0.2) is 29.9 Å². The van der Waals surface area contributed by atoms with E-state index in [-0.39, 0.29) is 6.03 Å². The van der Waals surface area contributed by atoms with Gasteiger partial charge in [0.1, 0.15) is 5.00 Å². The minimum atomic E-state index is -0.434. The number of urea groups is 1. The maximum Gasteiger partial charge on any atom is 0.322 e. The fraction of sp³-hybridized carbons (Fsp3) is 0.538. The lowest BCUT2D eigenvalue weighted by Gasteiger charge is -2.16. The van der Waals surface area contributed by atoms with Crippen molar-refractivity contribution in [1.82, 2.24) is 4.90 Å². The minimum Gasteiger partial charge on any atom is -0.365 e. The Hall–Kier alpha value is -1.56. The van der Waals surface area contributed by atoms with Crippen LogP contribution in [0.4, 0.5) is 9.80 Å². The molecule has 102 valence electrons. The Morgan fingerprint density at radius 3 is 2.58 bits per heavy atom. The SMILES string of the molecule is NC(=O)c1c(NC(=O)N2CCCC2)sc2c1CCC2. The number of rotatable bonds is 2. The van der Waals surface area contributed by atoms with Gasteiger partial charge in [-0.3, -0.25) is 10.1 Å². The van der Waals surface area contributed by atoms with E-state index in [4.69, 9.17) is 5.73 Å². The molecular formula is C13H17N3O2S.